The van der Waals surface area contributed by atoms with E-state index in [1.165, 1.54) is 12.1 Å². The average molecular weight is 537 g/mol. The number of nitriles is 1. The third-order valence-corrected chi connectivity index (χ3v) is 5.10. The second-order valence-electron chi connectivity index (χ2n) is 7.77. The van der Waals surface area contributed by atoms with Gasteiger partial charge in [-0.2, -0.15) is 31.6 Å². The zero-order valence-corrected chi connectivity index (χ0v) is 19.2. The van der Waals surface area contributed by atoms with Gasteiger partial charge in [-0.3, -0.25) is 14.5 Å². The lowest BCUT2D eigenvalue weighted by atomic mass is 9.90. The Balaban J connectivity index is 2.38. The summed E-state index contributed by atoms with van der Waals surface area (Å²) in [5.74, 6) is -0.907. The van der Waals surface area contributed by atoms with E-state index in [9.17, 15) is 50.0 Å². The molecular formula is C23H19F8N3O3. The number of hydrogen-bond donors (Lipinski definition) is 2. The van der Waals surface area contributed by atoms with E-state index in [2.05, 4.69) is 10.6 Å². The maximum absolute atomic E-state index is 14.4. The number of benzene rings is 2. The van der Waals surface area contributed by atoms with Gasteiger partial charge in [0, 0.05) is 23.2 Å². The van der Waals surface area contributed by atoms with Crippen LogP contribution in [0.15, 0.2) is 30.3 Å². The van der Waals surface area contributed by atoms with E-state index in [0.717, 1.165) is 19.9 Å². The van der Waals surface area contributed by atoms with E-state index < -0.39 is 42.3 Å². The van der Waals surface area contributed by atoms with E-state index in [-0.39, 0.29) is 46.7 Å². The fraction of sp³-hybridized carbons (Fsp3) is 0.348. The molecule has 0 saturated heterocycles. The van der Waals surface area contributed by atoms with Crippen LogP contribution in [0.2, 0.25) is 0 Å². The Labute approximate surface area is 205 Å². The van der Waals surface area contributed by atoms with Gasteiger partial charge >= 0.3 is 24.1 Å². The van der Waals surface area contributed by atoms with Crippen LogP contribution in [0.4, 0.5) is 51.3 Å². The Morgan fingerprint density at radius 2 is 1.51 bits per heavy atom. The minimum Gasteiger partial charge on any atom is -0.449 e. The summed E-state index contributed by atoms with van der Waals surface area (Å²) in [7, 11) is 0. The molecule has 0 heterocycles. The fourth-order valence-electron chi connectivity index (χ4n) is 3.29. The summed E-state index contributed by atoms with van der Waals surface area (Å²) < 4.78 is 110. The minimum atomic E-state index is -6.30. The summed E-state index contributed by atoms with van der Waals surface area (Å²) in [6.07, 6.45) is -13.7. The highest BCUT2D eigenvalue weighted by Gasteiger charge is 2.73. The number of hydrogen-bond acceptors (Lipinski definition) is 4. The molecule has 2 aromatic rings. The first-order valence-electron chi connectivity index (χ1n) is 10.4. The Bertz CT molecular complexity index is 1180. The summed E-state index contributed by atoms with van der Waals surface area (Å²) in [4.78, 5) is 24.6. The molecule has 6 nitrogen and oxygen atoms in total. The van der Waals surface area contributed by atoms with Gasteiger partial charge in [-0.05, 0) is 43.2 Å². The van der Waals surface area contributed by atoms with Crippen molar-refractivity contribution in [1.82, 2.24) is 0 Å². The number of rotatable bonds is 7. The van der Waals surface area contributed by atoms with Crippen LogP contribution in [0.5, 0.6) is 0 Å². The number of anilines is 2. The molecule has 0 saturated carbocycles. The molecule has 0 fully saturated rings. The van der Waals surface area contributed by atoms with Crippen molar-refractivity contribution >= 4 is 23.4 Å². The highest BCUT2D eigenvalue weighted by atomic mass is 19.4. The molecule has 0 radical (unpaired) electrons. The Morgan fingerprint density at radius 1 is 0.946 bits per heavy atom. The largest absolute Gasteiger partial charge is 0.449 e. The number of carbonyl (C=O) groups excluding carboxylic acids is 2. The van der Waals surface area contributed by atoms with Gasteiger partial charge in [0.1, 0.15) is 6.07 Å². The second kappa shape index (κ2) is 11.0. The lowest BCUT2D eigenvalue weighted by Gasteiger charge is -2.31. The van der Waals surface area contributed by atoms with E-state index in [1.54, 1.807) is 6.07 Å². The van der Waals surface area contributed by atoms with Gasteiger partial charge in [-0.15, -0.1) is 0 Å². The molecule has 0 spiro atoms. The monoisotopic (exact) mass is 537 g/mol. The lowest BCUT2D eigenvalue weighted by Crippen LogP contribution is -2.50. The van der Waals surface area contributed by atoms with Crippen molar-refractivity contribution in [3.8, 4) is 6.07 Å². The van der Waals surface area contributed by atoms with E-state index in [4.69, 9.17) is 4.74 Å². The zero-order chi connectivity index (χ0) is 28.2. The van der Waals surface area contributed by atoms with Crippen LogP contribution in [-0.2, 0) is 10.4 Å². The van der Waals surface area contributed by atoms with Crippen molar-refractivity contribution in [2.45, 2.75) is 38.3 Å². The Kier molecular flexibility index (Phi) is 8.74. The average Bonchev–Trinajstić information content (AvgIpc) is 2.79. The number of halogens is 8. The summed E-state index contributed by atoms with van der Waals surface area (Å²) in [6.45, 7) is 1.18. The van der Waals surface area contributed by atoms with Crippen LogP contribution in [0.3, 0.4) is 0 Å². The van der Waals surface area contributed by atoms with Gasteiger partial charge < -0.3 is 10.1 Å². The molecule has 2 aromatic carbocycles. The molecule has 2 N–H and O–H groups in total. The SMILES string of the molecule is Cc1cc(C(F)(C(F)(F)F)C(F)(F)F)cc(C)c1NC(=O)c1ccc(C#N)c(NC(=O)OCCCF)c1. The van der Waals surface area contributed by atoms with Gasteiger partial charge in [-0.25, -0.2) is 9.18 Å². The van der Waals surface area contributed by atoms with Crippen LogP contribution >= 0.6 is 0 Å². The molecule has 0 bridgehead atoms. The number of nitrogens with zero attached hydrogens (tertiary/aromatic N) is 1. The standard InChI is InChI=1S/C23H19F8N3O3/c1-12-8-16(21(25,22(26,27)28)23(29,30)31)9-13(2)18(12)34-19(35)14-4-5-15(11-32)17(10-14)33-20(36)37-7-3-6-24/h4-5,8-10H,3,6-7H2,1-2H3,(H,33,36)(H,34,35). The molecule has 0 aliphatic heterocycles. The van der Waals surface area contributed by atoms with Gasteiger partial charge in [0.05, 0.1) is 24.5 Å². The van der Waals surface area contributed by atoms with Crippen LogP contribution < -0.4 is 10.6 Å². The van der Waals surface area contributed by atoms with E-state index in [0.29, 0.717) is 12.1 Å². The zero-order valence-electron chi connectivity index (χ0n) is 19.2. The van der Waals surface area contributed by atoms with Crippen molar-refractivity contribution in [2.24, 2.45) is 0 Å². The van der Waals surface area contributed by atoms with Gasteiger partial charge in [0.25, 0.3) is 5.91 Å². The quantitative estimate of drug-likeness (QED) is 0.307. The number of carbonyl (C=O) groups is 2. The predicted molar refractivity (Wildman–Crippen MR) is 115 cm³/mol. The molecule has 37 heavy (non-hydrogen) atoms. The van der Waals surface area contributed by atoms with Gasteiger partial charge in [-0.1, -0.05) is 12.1 Å². The number of aryl methyl sites for hydroxylation is 2. The first-order valence-corrected chi connectivity index (χ1v) is 10.4. The molecule has 0 atom stereocenters. The Hall–Kier alpha value is -3.89. The predicted octanol–water partition coefficient (Wildman–Crippen LogP) is 6.62. The van der Waals surface area contributed by atoms with Crippen LogP contribution in [0.25, 0.3) is 0 Å². The molecule has 14 heteroatoms. The number of alkyl halides is 8. The topological polar surface area (TPSA) is 91.2 Å². The maximum Gasteiger partial charge on any atom is 0.435 e. The smallest absolute Gasteiger partial charge is 0.435 e. The van der Waals surface area contributed by atoms with Gasteiger partial charge in [0.15, 0.2) is 0 Å². The summed E-state index contributed by atoms with van der Waals surface area (Å²) >= 11 is 0. The lowest BCUT2D eigenvalue weighted by molar-refractivity contribution is -0.348. The van der Waals surface area contributed by atoms with Crippen molar-refractivity contribution in [3.05, 3.63) is 58.1 Å². The maximum atomic E-state index is 14.4. The van der Waals surface area contributed by atoms with Crippen LogP contribution in [-0.4, -0.2) is 37.6 Å². The fourth-order valence-corrected chi connectivity index (χ4v) is 3.29. The second-order valence-corrected chi connectivity index (χ2v) is 7.77. The Morgan fingerprint density at radius 3 is 2.00 bits per heavy atom. The number of amides is 2. The molecule has 200 valence electrons. The first kappa shape index (κ1) is 29.3. The van der Waals surface area contributed by atoms with Crippen LogP contribution in [0, 0.1) is 25.2 Å². The summed E-state index contributed by atoms with van der Waals surface area (Å²) in [6, 6.07) is 5.85. The van der Waals surface area contributed by atoms with Crippen molar-refractivity contribution in [2.75, 3.05) is 23.9 Å². The summed E-state index contributed by atoms with van der Waals surface area (Å²) in [5, 5.41) is 13.7. The van der Waals surface area contributed by atoms with Crippen molar-refractivity contribution in [1.29, 1.82) is 5.26 Å². The molecule has 0 aromatic heterocycles. The van der Waals surface area contributed by atoms with E-state index in [1.807, 2.05) is 0 Å². The van der Waals surface area contributed by atoms with E-state index >= 15 is 0 Å². The third kappa shape index (κ3) is 6.28. The first-order chi connectivity index (χ1) is 17.1. The highest BCUT2D eigenvalue weighted by molar-refractivity contribution is 6.06. The normalized spacial score (nSPS) is 12.0. The summed E-state index contributed by atoms with van der Waals surface area (Å²) in [5.41, 5.74) is -8.47. The molecule has 0 aliphatic rings. The highest BCUT2D eigenvalue weighted by Crippen LogP contribution is 2.53. The minimum absolute atomic E-state index is 0.0616. The van der Waals surface area contributed by atoms with Crippen LogP contribution in [0.1, 0.15) is 39.0 Å². The molecule has 0 unspecified atom stereocenters. The molecule has 2 amide bonds. The molecular weight excluding hydrogens is 518 g/mol. The van der Waals surface area contributed by atoms with Crippen molar-refractivity contribution in [3.63, 3.8) is 0 Å². The molecule has 0 aliphatic carbocycles. The number of ether oxygens (including phenoxy) is 1. The number of nitrogens with one attached hydrogen (secondary N) is 2. The molecule has 2 rings (SSSR count). The third-order valence-electron chi connectivity index (χ3n) is 5.10. The van der Waals surface area contributed by atoms with Crippen molar-refractivity contribution < 1.29 is 49.4 Å². The van der Waals surface area contributed by atoms with Gasteiger partial charge in [0.2, 0.25) is 0 Å².